The number of rotatable bonds is 6. The summed E-state index contributed by atoms with van der Waals surface area (Å²) in [6.07, 6.45) is 1.39. The van der Waals surface area contributed by atoms with E-state index in [0.29, 0.717) is 9.88 Å². The number of hydrogen-bond acceptors (Lipinski definition) is 8. The largest absolute Gasteiger partial charge is 0.301 e. The lowest BCUT2D eigenvalue weighted by molar-refractivity contribution is -0.393. The molecule has 0 unspecified atom stereocenters. The summed E-state index contributed by atoms with van der Waals surface area (Å²) < 4.78 is 0. The Morgan fingerprint density at radius 1 is 1.11 bits per heavy atom. The van der Waals surface area contributed by atoms with Crippen LogP contribution < -0.4 is 5.43 Å². The summed E-state index contributed by atoms with van der Waals surface area (Å²) in [5.74, 6) is 0. The second kappa shape index (κ2) is 7.89. The number of thiazole rings is 1. The summed E-state index contributed by atoms with van der Waals surface area (Å²) in [5.41, 5.74) is 2.60. The lowest BCUT2D eigenvalue weighted by Gasteiger charge is -2.01. The highest BCUT2D eigenvalue weighted by Crippen LogP contribution is 2.31. The first kappa shape index (κ1) is 18.4. The molecule has 0 saturated heterocycles. The Balaban J connectivity index is 1.81. The molecule has 0 radical (unpaired) electrons. The van der Waals surface area contributed by atoms with E-state index in [0.717, 1.165) is 17.7 Å². The third-order valence-electron chi connectivity index (χ3n) is 3.39. The number of nitrogens with zero attached hydrogens (tertiary/aromatic N) is 4. The molecular weight excluding hydrogens is 394 g/mol. The number of nitro groups is 2. The molecule has 1 N–H and O–H groups in total. The van der Waals surface area contributed by atoms with Gasteiger partial charge >= 0.3 is 5.69 Å². The molecule has 0 bridgehead atoms. The maximum absolute atomic E-state index is 11.1. The van der Waals surface area contributed by atoms with Crippen LogP contribution in [0.2, 0.25) is 5.15 Å². The number of nitrogens with one attached hydrogen (secondary N) is 1. The van der Waals surface area contributed by atoms with Gasteiger partial charge in [-0.15, -0.1) is 11.3 Å². The van der Waals surface area contributed by atoms with Crippen LogP contribution in [0.15, 0.2) is 53.6 Å². The van der Waals surface area contributed by atoms with E-state index in [9.17, 15) is 20.2 Å². The quantitative estimate of drug-likeness (QED) is 0.360. The molecular formula is C16H10ClN5O4S. The second-order valence-electron chi connectivity index (χ2n) is 5.13. The topological polar surface area (TPSA) is 124 Å². The highest BCUT2D eigenvalue weighted by molar-refractivity contribution is 7.17. The van der Waals surface area contributed by atoms with Crippen LogP contribution in [0.1, 0.15) is 4.88 Å². The summed E-state index contributed by atoms with van der Waals surface area (Å²) in [6, 6.07) is 12.7. The van der Waals surface area contributed by atoms with E-state index in [1.807, 2.05) is 30.3 Å². The Bertz CT molecular complexity index is 1040. The predicted octanol–water partition coefficient (Wildman–Crippen LogP) is 4.73. The number of non-ortho nitro benzene ring substituents is 1. The molecule has 9 nitrogen and oxygen atoms in total. The van der Waals surface area contributed by atoms with Crippen LogP contribution in [-0.4, -0.2) is 21.0 Å². The van der Waals surface area contributed by atoms with Crippen molar-refractivity contribution in [3.8, 4) is 10.6 Å². The zero-order valence-electron chi connectivity index (χ0n) is 13.4. The monoisotopic (exact) mass is 403 g/mol. The van der Waals surface area contributed by atoms with Crippen LogP contribution >= 0.6 is 22.9 Å². The first-order chi connectivity index (χ1) is 13.0. The molecule has 0 fully saturated rings. The fourth-order valence-electron chi connectivity index (χ4n) is 2.14. The van der Waals surface area contributed by atoms with Crippen LogP contribution in [-0.2, 0) is 0 Å². The third-order valence-corrected chi connectivity index (χ3v) is 4.83. The third kappa shape index (κ3) is 4.25. The molecule has 136 valence electrons. The van der Waals surface area contributed by atoms with Gasteiger partial charge in [0.1, 0.15) is 15.8 Å². The average molecular weight is 404 g/mol. The smallest absolute Gasteiger partial charge is 0.272 e. The Morgan fingerprint density at radius 2 is 1.85 bits per heavy atom. The second-order valence-corrected chi connectivity index (χ2v) is 6.51. The fraction of sp³-hybridized carbons (Fsp3) is 0. The Kier molecular flexibility index (Phi) is 5.38. The summed E-state index contributed by atoms with van der Waals surface area (Å²) in [5, 5.41) is 26.8. The van der Waals surface area contributed by atoms with Gasteiger partial charge in [-0.2, -0.15) is 5.10 Å². The summed E-state index contributed by atoms with van der Waals surface area (Å²) in [4.78, 5) is 25.3. The van der Waals surface area contributed by atoms with Crippen molar-refractivity contribution in [2.75, 3.05) is 5.43 Å². The fourth-order valence-corrected chi connectivity index (χ4v) is 3.27. The van der Waals surface area contributed by atoms with Gasteiger partial charge in [-0.05, 0) is 6.07 Å². The zero-order chi connectivity index (χ0) is 19.4. The van der Waals surface area contributed by atoms with Gasteiger partial charge in [-0.25, -0.2) is 4.98 Å². The van der Waals surface area contributed by atoms with Crippen molar-refractivity contribution >= 4 is 46.2 Å². The van der Waals surface area contributed by atoms with Crippen LogP contribution in [0.3, 0.4) is 0 Å². The molecule has 0 saturated carbocycles. The van der Waals surface area contributed by atoms with E-state index in [-0.39, 0.29) is 16.5 Å². The number of benzene rings is 2. The number of anilines is 1. The molecule has 11 heteroatoms. The number of halogens is 1. The van der Waals surface area contributed by atoms with E-state index in [1.165, 1.54) is 23.6 Å². The van der Waals surface area contributed by atoms with Crippen molar-refractivity contribution in [2.24, 2.45) is 5.10 Å². The molecule has 0 aliphatic rings. The molecule has 0 spiro atoms. The van der Waals surface area contributed by atoms with Gasteiger partial charge in [0, 0.05) is 11.6 Å². The van der Waals surface area contributed by atoms with Gasteiger partial charge in [-0.3, -0.25) is 25.7 Å². The van der Waals surface area contributed by atoms with Gasteiger partial charge < -0.3 is 0 Å². The molecule has 0 aliphatic carbocycles. The van der Waals surface area contributed by atoms with Gasteiger partial charge in [-0.1, -0.05) is 41.9 Å². The molecule has 1 aromatic heterocycles. The van der Waals surface area contributed by atoms with E-state index in [1.54, 1.807) is 0 Å². The summed E-state index contributed by atoms with van der Waals surface area (Å²) in [7, 11) is 0. The zero-order valence-corrected chi connectivity index (χ0v) is 15.0. The number of hydrazone groups is 1. The first-order valence-electron chi connectivity index (χ1n) is 7.39. The average Bonchev–Trinajstić information content (AvgIpc) is 3.03. The summed E-state index contributed by atoms with van der Waals surface area (Å²) >= 11 is 7.42. The molecule has 3 rings (SSSR count). The number of aromatic nitrogens is 1. The van der Waals surface area contributed by atoms with Gasteiger partial charge in [0.2, 0.25) is 0 Å². The molecule has 3 aromatic rings. The van der Waals surface area contributed by atoms with Crippen molar-refractivity contribution in [2.45, 2.75) is 0 Å². The van der Waals surface area contributed by atoms with Gasteiger partial charge in [0.15, 0.2) is 0 Å². The Labute approximate surface area is 161 Å². The molecule has 0 amide bonds. The number of nitro benzene ring substituents is 2. The lowest BCUT2D eigenvalue weighted by Crippen LogP contribution is -1.98. The van der Waals surface area contributed by atoms with Crippen LogP contribution in [0.5, 0.6) is 0 Å². The maximum atomic E-state index is 11.1. The lowest BCUT2D eigenvalue weighted by atomic mass is 10.2. The minimum atomic E-state index is -0.724. The van der Waals surface area contributed by atoms with Crippen LogP contribution in [0, 0.1) is 20.2 Å². The van der Waals surface area contributed by atoms with E-state index >= 15 is 0 Å². The minimum Gasteiger partial charge on any atom is -0.272 e. The van der Waals surface area contributed by atoms with Crippen LogP contribution in [0.25, 0.3) is 10.6 Å². The predicted molar refractivity (Wildman–Crippen MR) is 104 cm³/mol. The maximum Gasteiger partial charge on any atom is 0.301 e. The molecule has 0 atom stereocenters. The molecule has 1 heterocycles. The van der Waals surface area contributed by atoms with Gasteiger partial charge in [0.05, 0.1) is 27.0 Å². The standard InChI is InChI=1S/C16H10ClN5O4S/c17-15-14(27-16(19-15)10-4-2-1-3-5-10)9-18-20-12-7-6-11(21(23)24)8-13(12)22(25)26/h1-9,20H/b18-9-. The molecule has 27 heavy (non-hydrogen) atoms. The van der Waals surface area contributed by atoms with E-state index in [2.05, 4.69) is 15.5 Å². The van der Waals surface area contributed by atoms with Crippen molar-refractivity contribution in [1.82, 2.24) is 4.98 Å². The Hall–Kier alpha value is -3.37. The van der Waals surface area contributed by atoms with Crippen LogP contribution in [0.4, 0.5) is 17.1 Å². The van der Waals surface area contributed by atoms with Crippen molar-refractivity contribution < 1.29 is 9.85 Å². The van der Waals surface area contributed by atoms with Gasteiger partial charge in [0.25, 0.3) is 5.69 Å². The van der Waals surface area contributed by atoms with Crippen molar-refractivity contribution in [1.29, 1.82) is 0 Å². The highest BCUT2D eigenvalue weighted by Gasteiger charge is 2.19. The highest BCUT2D eigenvalue weighted by atomic mass is 35.5. The minimum absolute atomic E-state index is 0.0192. The normalized spacial score (nSPS) is 10.9. The Morgan fingerprint density at radius 3 is 2.52 bits per heavy atom. The number of hydrogen-bond donors (Lipinski definition) is 1. The van der Waals surface area contributed by atoms with Crippen molar-refractivity contribution in [3.63, 3.8) is 0 Å². The van der Waals surface area contributed by atoms with E-state index < -0.39 is 15.5 Å². The van der Waals surface area contributed by atoms with E-state index in [4.69, 9.17) is 11.6 Å². The van der Waals surface area contributed by atoms with Crippen molar-refractivity contribution in [3.05, 3.63) is 78.8 Å². The SMILES string of the molecule is O=[N+]([O-])c1ccc(N/N=C\c2sc(-c3ccccc3)nc2Cl)c([N+](=O)[O-])c1. The first-order valence-corrected chi connectivity index (χ1v) is 8.59. The molecule has 2 aromatic carbocycles. The molecule has 0 aliphatic heterocycles. The summed E-state index contributed by atoms with van der Waals surface area (Å²) in [6.45, 7) is 0.